The molecule has 11 heteroatoms. The highest BCUT2D eigenvalue weighted by Crippen LogP contribution is 2.35. The number of carbonyl (C=O) groups is 1. The number of nitrogens with one attached hydrogen (secondary N) is 3. The SMILES string of the molecule is C=CC(=O)N1CCC(Nc2cc3c(Nc4ccc(Oc5ccnc(NC(C)C)c5)cc4F)ncnc3cc2OC)CC1. The van der Waals surface area contributed by atoms with Gasteiger partial charge in [0.2, 0.25) is 5.91 Å². The van der Waals surface area contributed by atoms with Crippen molar-refractivity contribution in [2.45, 2.75) is 38.8 Å². The Morgan fingerprint density at radius 3 is 2.57 bits per heavy atom. The summed E-state index contributed by atoms with van der Waals surface area (Å²) in [4.78, 5) is 26.8. The summed E-state index contributed by atoms with van der Waals surface area (Å²) in [6.45, 7) is 8.90. The maximum atomic E-state index is 15.2. The second-order valence-corrected chi connectivity index (χ2v) is 10.3. The molecule has 0 saturated carbocycles. The molecule has 0 aliphatic carbocycles. The average Bonchev–Trinajstić information content (AvgIpc) is 2.98. The van der Waals surface area contributed by atoms with Crippen molar-refractivity contribution in [2.24, 2.45) is 0 Å². The minimum Gasteiger partial charge on any atom is -0.495 e. The highest BCUT2D eigenvalue weighted by molar-refractivity contribution is 5.95. The number of hydrogen-bond donors (Lipinski definition) is 3. The minimum atomic E-state index is -0.499. The van der Waals surface area contributed by atoms with Gasteiger partial charge in [0, 0.05) is 55.0 Å². The van der Waals surface area contributed by atoms with E-state index in [-0.39, 0.29) is 23.7 Å². The number of piperidine rings is 1. The van der Waals surface area contributed by atoms with Crippen molar-refractivity contribution < 1.29 is 18.7 Å². The summed E-state index contributed by atoms with van der Waals surface area (Å²) in [5.74, 6) is 2.10. The van der Waals surface area contributed by atoms with Crippen LogP contribution in [0.3, 0.4) is 0 Å². The first-order valence-electron chi connectivity index (χ1n) is 13.8. The molecule has 42 heavy (non-hydrogen) atoms. The van der Waals surface area contributed by atoms with Gasteiger partial charge in [0.25, 0.3) is 0 Å². The lowest BCUT2D eigenvalue weighted by atomic mass is 10.0. The predicted molar refractivity (Wildman–Crippen MR) is 162 cm³/mol. The molecular weight excluding hydrogens is 537 g/mol. The summed E-state index contributed by atoms with van der Waals surface area (Å²) in [7, 11) is 1.60. The number of anilines is 4. The molecule has 0 spiro atoms. The zero-order valence-corrected chi connectivity index (χ0v) is 23.9. The first-order chi connectivity index (χ1) is 20.3. The Hall–Kier alpha value is -4.93. The monoisotopic (exact) mass is 571 g/mol. The zero-order chi connectivity index (χ0) is 29.6. The molecule has 2 aromatic carbocycles. The summed E-state index contributed by atoms with van der Waals surface area (Å²) in [5, 5.41) is 10.6. The molecule has 0 radical (unpaired) electrons. The van der Waals surface area contributed by atoms with E-state index in [9.17, 15) is 4.79 Å². The number of likely N-dealkylation sites (tertiary alicyclic amines) is 1. The molecule has 1 amide bonds. The van der Waals surface area contributed by atoms with Crippen LogP contribution in [-0.4, -0.2) is 58.0 Å². The Morgan fingerprint density at radius 2 is 1.86 bits per heavy atom. The van der Waals surface area contributed by atoms with Gasteiger partial charge in [0.05, 0.1) is 24.0 Å². The van der Waals surface area contributed by atoms with Gasteiger partial charge in [-0.05, 0) is 57.0 Å². The number of fused-ring (bicyclic) bond motifs is 1. The Labute approximate surface area is 244 Å². The molecule has 4 aromatic rings. The summed E-state index contributed by atoms with van der Waals surface area (Å²) in [6, 6.07) is 12.2. The lowest BCUT2D eigenvalue weighted by molar-refractivity contribution is -0.126. The van der Waals surface area contributed by atoms with E-state index in [1.165, 1.54) is 18.5 Å². The second kappa shape index (κ2) is 12.7. The van der Waals surface area contributed by atoms with Crippen LogP contribution in [0.4, 0.5) is 27.4 Å². The fraction of sp³-hybridized carbons (Fsp3) is 0.290. The third-order valence-corrected chi connectivity index (χ3v) is 6.89. The molecule has 1 fully saturated rings. The highest BCUT2D eigenvalue weighted by Gasteiger charge is 2.23. The minimum absolute atomic E-state index is 0.0538. The van der Waals surface area contributed by atoms with Crippen molar-refractivity contribution in [2.75, 3.05) is 36.1 Å². The van der Waals surface area contributed by atoms with E-state index in [4.69, 9.17) is 9.47 Å². The average molecular weight is 572 g/mol. The van der Waals surface area contributed by atoms with E-state index < -0.39 is 5.82 Å². The zero-order valence-electron chi connectivity index (χ0n) is 23.9. The van der Waals surface area contributed by atoms with Crippen molar-refractivity contribution in [3.05, 3.63) is 73.5 Å². The van der Waals surface area contributed by atoms with Crippen LogP contribution in [0.2, 0.25) is 0 Å². The number of ether oxygens (including phenoxy) is 2. The van der Waals surface area contributed by atoms with Crippen molar-refractivity contribution in [3.8, 4) is 17.2 Å². The molecule has 5 rings (SSSR count). The molecule has 2 aromatic heterocycles. The van der Waals surface area contributed by atoms with Crippen LogP contribution in [0.25, 0.3) is 10.9 Å². The molecule has 1 saturated heterocycles. The maximum absolute atomic E-state index is 15.2. The number of rotatable bonds is 10. The smallest absolute Gasteiger partial charge is 0.245 e. The van der Waals surface area contributed by atoms with Crippen LogP contribution >= 0.6 is 0 Å². The number of hydrogen-bond acceptors (Lipinski definition) is 9. The van der Waals surface area contributed by atoms with Gasteiger partial charge in [-0.25, -0.2) is 19.3 Å². The molecular formula is C31H34FN7O3. The van der Waals surface area contributed by atoms with Gasteiger partial charge in [0.1, 0.15) is 41.0 Å². The van der Waals surface area contributed by atoms with Crippen molar-refractivity contribution >= 4 is 39.8 Å². The van der Waals surface area contributed by atoms with E-state index in [0.717, 1.165) is 18.5 Å². The van der Waals surface area contributed by atoms with E-state index in [1.807, 2.05) is 26.0 Å². The molecule has 0 atom stereocenters. The van der Waals surface area contributed by atoms with Crippen LogP contribution in [0.5, 0.6) is 17.2 Å². The van der Waals surface area contributed by atoms with Crippen LogP contribution in [0.1, 0.15) is 26.7 Å². The number of methoxy groups -OCH3 is 1. The Bertz CT molecular complexity index is 1590. The van der Waals surface area contributed by atoms with Crippen LogP contribution in [0.15, 0.2) is 67.6 Å². The third kappa shape index (κ3) is 6.68. The highest BCUT2D eigenvalue weighted by atomic mass is 19.1. The molecule has 10 nitrogen and oxygen atoms in total. The lowest BCUT2D eigenvalue weighted by Gasteiger charge is -2.32. The van der Waals surface area contributed by atoms with E-state index >= 15 is 4.39 Å². The van der Waals surface area contributed by atoms with Gasteiger partial charge in [-0.1, -0.05) is 6.58 Å². The van der Waals surface area contributed by atoms with Crippen molar-refractivity contribution in [3.63, 3.8) is 0 Å². The predicted octanol–water partition coefficient (Wildman–Crippen LogP) is 6.12. The molecule has 3 N–H and O–H groups in total. The lowest BCUT2D eigenvalue weighted by Crippen LogP contribution is -2.41. The first kappa shape index (κ1) is 28.6. The Balaban J connectivity index is 1.34. The van der Waals surface area contributed by atoms with Gasteiger partial charge in [0.15, 0.2) is 0 Å². The van der Waals surface area contributed by atoms with Crippen LogP contribution < -0.4 is 25.4 Å². The van der Waals surface area contributed by atoms with Crippen LogP contribution in [0, 0.1) is 5.82 Å². The third-order valence-electron chi connectivity index (χ3n) is 6.89. The van der Waals surface area contributed by atoms with Gasteiger partial charge >= 0.3 is 0 Å². The van der Waals surface area contributed by atoms with Crippen molar-refractivity contribution in [1.82, 2.24) is 19.9 Å². The molecule has 1 aliphatic rings. The molecule has 0 bridgehead atoms. The summed E-state index contributed by atoms with van der Waals surface area (Å²) < 4.78 is 26.7. The number of halogens is 1. The molecule has 0 unspecified atom stereocenters. The first-order valence-corrected chi connectivity index (χ1v) is 13.8. The van der Waals surface area contributed by atoms with Gasteiger partial charge in [-0.2, -0.15) is 0 Å². The second-order valence-electron chi connectivity index (χ2n) is 10.3. The Kier molecular flexibility index (Phi) is 8.66. The molecule has 218 valence electrons. The summed E-state index contributed by atoms with van der Waals surface area (Å²) >= 11 is 0. The number of carbonyl (C=O) groups excluding carboxylic acids is 1. The van der Waals surface area contributed by atoms with Gasteiger partial charge in [-0.3, -0.25) is 4.79 Å². The van der Waals surface area contributed by atoms with Gasteiger partial charge < -0.3 is 30.3 Å². The molecule has 3 heterocycles. The molecule has 1 aliphatic heterocycles. The van der Waals surface area contributed by atoms with Crippen molar-refractivity contribution in [1.29, 1.82) is 0 Å². The number of amides is 1. The van der Waals surface area contributed by atoms with E-state index in [1.54, 1.807) is 42.5 Å². The van der Waals surface area contributed by atoms with Gasteiger partial charge in [-0.15, -0.1) is 0 Å². The summed E-state index contributed by atoms with van der Waals surface area (Å²) in [5.41, 5.74) is 1.65. The number of nitrogens with zero attached hydrogens (tertiary/aromatic N) is 4. The Morgan fingerprint density at radius 1 is 1.07 bits per heavy atom. The number of aromatic nitrogens is 3. The number of benzene rings is 2. The quantitative estimate of drug-likeness (QED) is 0.194. The maximum Gasteiger partial charge on any atom is 0.245 e. The van der Waals surface area contributed by atoms with E-state index in [0.29, 0.717) is 52.9 Å². The summed E-state index contributed by atoms with van der Waals surface area (Å²) in [6.07, 6.45) is 5.97. The standard InChI is InChI=1S/C31H34FN7O3/c1-5-30(40)39-12-9-20(10-13-39)37-27-16-23-26(17-28(27)41-4)34-18-35-31(23)38-25-7-6-21(14-24(25)32)42-22-8-11-33-29(15-22)36-19(2)3/h5-8,11,14-20,37H,1,9-10,12-13H2,2-4H3,(H,33,36)(H,34,35,38). The largest absolute Gasteiger partial charge is 0.495 e. The van der Waals surface area contributed by atoms with E-state index in [2.05, 4.69) is 37.5 Å². The number of pyridine rings is 1. The normalized spacial score (nSPS) is 13.6. The fourth-order valence-corrected chi connectivity index (χ4v) is 4.83. The fourth-order valence-electron chi connectivity index (χ4n) is 4.83. The van der Waals surface area contributed by atoms with Crippen LogP contribution in [-0.2, 0) is 4.79 Å². The topological polar surface area (TPSA) is 114 Å².